The summed E-state index contributed by atoms with van der Waals surface area (Å²) < 4.78 is 51.2. The van der Waals surface area contributed by atoms with Crippen LogP contribution in [0.1, 0.15) is 67.2 Å². The molecule has 0 aromatic heterocycles. The topological polar surface area (TPSA) is 55.8 Å². The van der Waals surface area contributed by atoms with E-state index in [-0.39, 0.29) is 12.0 Å². The second kappa shape index (κ2) is 8.52. The lowest BCUT2D eigenvalue weighted by molar-refractivity contribution is -0.311. The van der Waals surface area contributed by atoms with E-state index < -0.39 is 35.4 Å². The highest BCUT2D eigenvalue weighted by molar-refractivity contribution is 5.87. The third-order valence-corrected chi connectivity index (χ3v) is 5.44. The van der Waals surface area contributed by atoms with Gasteiger partial charge in [-0.15, -0.1) is 0 Å². The molecule has 158 valence electrons. The Kier molecular flexibility index (Phi) is 7.56. The predicted molar refractivity (Wildman–Crippen MR) is 97.1 cm³/mol. The van der Waals surface area contributed by atoms with Gasteiger partial charge in [-0.3, -0.25) is 0 Å². The van der Waals surface area contributed by atoms with Crippen LogP contribution >= 0.6 is 0 Å². The fourth-order valence-corrected chi connectivity index (χ4v) is 3.61. The van der Waals surface area contributed by atoms with E-state index in [1.165, 1.54) is 0 Å². The average molecular weight is 394 g/mol. The summed E-state index contributed by atoms with van der Waals surface area (Å²) in [5.74, 6) is -0.939. The maximum Gasteiger partial charge on any atom is 0.419 e. The molecule has 4 nitrogen and oxygen atoms in total. The number of alkyl halides is 3. The van der Waals surface area contributed by atoms with E-state index in [9.17, 15) is 23.1 Å². The Bertz CT molecular complexity index is 530. The van der Waals surface area contributed by atoms with E-state index in [1.54, 1.807) is 34.6 Å². The molecule has 0 aliphatic heterocycles. The molecule has 1 N–H and O–H groups in total. The van der Waals surface area contributed by atoms with Gasteiger partial charge in [0.25, 0.3) is 0 Å². The average Bonchev–Trinajstić information content (AvgIpc) is 2.51. The van der Waals surface area contributed by atoms with Gasteiger partial charge in [-0.2, -0.15) is 13.2 Å². The van der Waals surface area contributed by atoms with Crippen LogP contribution in [0.5, 0.6) is 0 Å². The zero-order valence-electron chi connectivity index (χ0n) is 17.2. The van der Waals surface area contributed by atoms with Crippen LogP contribution in [0.25, 0.3) is 0 Å². The quantitative estimate of drug-likeness (QED) is 0.498. The minimum absolute atomic E-state index is 0.00237. The molecule has 0 aromatic rings. The van der Waals surface area contributed by atoms with Crippen molar-refractivity contribution in [1.29, 1.82) is 0 Å². The van der Waals surface area contributed by atoms with Crippen molar-refractivity contribution in [3.63, 3.8) is 0 Å². The maximum absolute atomic E-state index is 13.3. The molecule has 1 aliphatic carbocycles. The third kappa shape index (κ3) is 5.95. The summed E-state index contributed by atoms with van der Waals surface area (Å²) in [5, 5.41) is 10.1. The largest absolute Gasteiger partial charge is 0.459 e. The Morgan fingerprint density at radius 3 is 1.96 bits per heavy atom. The Morgan fingerprint density at radius 1 is 1.11 bits per heavy atom. The minimum atomic E-state index is -4.79. The van der Waals surface area contributed by atoms with Gasteiger partial charge in [-0.25, -0.2) is 4.79 Å². The molecule has 2 atom stereocenters. The Morgan fingerprint density at radius 2 is 1.59 bits per heavy atom. The van der Waals surface area contributed by atoms with Crippen LogP contribution < -0.4 is 0 Å². The van der Waals surface area contributed by atoms with Gasteiger partial charge in [-0.1, -0.05) is 20.4 Å². The number of aliphatic hydroxyl groups is 1. The van der Waals surface area contributed by atoms with E-state index >= 15 is 0 Å². The van der Waals surface area contributed by atoms with Crippen molar-refractivity contribution >= 4 is 5.97 Å². The summed E-state index contributed by atoms with van der Waals surface area (Å²) in [5.41, 5.74) is -3.45. The van der Waals surface area contributed by atoms with E-state index in [2.05, 4.69) is 6.58 Å². The fraction of sp³-hybridized carbons (Fsp3) is 0.850. The summed E-state index contributed by atoms with van der Waals surface area (Å²) in [7, 11) is 0. The van der Waals surface area contributed by atoms with Gasteiger partial charge in [0.1, 0.15) is 6.10 Å². The number of ether oxygens (including phenoxy) is 2. The molecule has 0 heterocycles. The van der Waals surface area contributed by atoms with Gasteiger partial charge >= 0.3 is 12.1 Å². The molecule has 1 rings (SSSR count). The number of rotatable bonds is 7. The highest BCUT2D eigenvalue weighted by Gasteiger charge is 2.57. The molecular formula is C20H33F3O4. The molecule has 0 aromatic carbocycles. The first kappa shape index (κ1) is 24.0. The van der Waals surface area contributed by atoms with Crippen molar-refractivity contribution in [2.75, 3.05) is 0 Å². The Hall–Kier alpha value is -1.08. The number of carbonyl (C=O) groups excluding carboxylic acids is 1. The van der Waals surface area contributed by atoms with Gasteiger partial charge in [-0.05, 0) is 65.2 Å². The van der Waals surface area contributed by atoms with Crippen LogP contribution in [-0.2, 0) is 14.3 Å². The molecule has 0 saturated heterocycles. The van der Waals surface area contributed by atoms with Crippen molar-refractivity contribution < 1.29 is 32.5 Å². The molecule has 1 saturated carbocycles. The lowest BCUT2D eigenvalue weighted by atomic mass is 9.77. The van der Waals surface area contributed by atoms with Crippen molar-refractivity contribution in [2.24, 2.45) is 11.8 Å². The van der Waals surface area contributed by atoms with E-state index in [0.717, 1.165) is 6.92 Å². The Balaban J connectivity index is 2.79. The molecule has 1 aliphatic rings. The van der Waals surface area contributed by atoms with E-state index in [4.69, 9.17) is 9.47 Å². The lowest BCUT2D eigenvalue weighted by Gasteiger charge is -2.45. The summed E-state index contributed by atoms with van der Waals surface area (Å²) in [6.07, 6.45) is -3.80. The standard InChI is InChI=1S/C20H33F3O4/c1-12(2)16(19(7,25)20(21,22)23)27-18(5,6)14-8-10-15(11-9-14)26-17(24)13(3)4/h12,14-16,25H,3,8-11H2,1-2,4-7H3. The van der Waals surface area contributed by atoms with Crippen LogP contribution in [0.2, 0.25) is 0 Å². The highest BCUT2D eigenvalue weighted by atomic mass is 19.4. The van der Waals surface area contributed by atoms with Crippen LogP contribution in [0.3, 0.4) is 0 Å². The molecule has 27 heavy (non-hydrogen) atoms. The predicted octanol–water partition coefficient (Wildman–Crippen LogP) is 4.80. The van der Waals surface area contributed by atoms with E-state index in [1.807, 2.05) is 0 Å². The van der Waals surface area contributed by atoms with Crippen LogP contribution in [0.4, 0.5) is 13.2 Å². The summed E-state index contributed by atoms with van der Waals surface area (Å²) in [6, 6.07) is 0. The monoisotopic (exact) mass is 394 g/mol. The minimum Gasteiger partial charge on any atom is -0.459 e. The van der Waals surface area contributed by atoms with E-state index in [0.29, 0.717) is 31.3 Å². The van der Waals surface area contributed by atoms with Gasteiger partial charge in [0.05, 0.1) is 11.7 Å². The van der Waals surface area contributed by atoms with Gasteiger partial charge in [0.15, 0.2) is 5.60 Å². The van der Waals surface area contributed by atoms with Crippen molar-refractivity contribution in [3.05, 3.63) is 12.2 Å². The second-order valence-corrected chi connectivity index (χ2v) is 8.69. The lowest BCUT2D eigenvalue weighted by Crippen LogP contribution is -2.58. The SMILES string of the molecule is C=C(C)C(=O)OC1CCC(C(C)(C)OC(C(C)C)C(C)(O)C(F)(F)F)CC1. The molecule has 2 unspecified atom stereocenters. The number of hydrogen-bond acceptors (Lipinski definition) is 4. The van der Waals surface area contributed by atoms with Crippen LogP contribution in [0, 0.1) is 11.8 Å². The first-order valence-corrected chi connectivity index (χ1v) is 9.43. The molecular weight excluding hydrogens is 361 g/mol. The molecule has 0 amide bonds. The van der Waals surface area contributed by atoms with Gasteiger partial charge in [0, 0.05) is 5.57 Å². The highest BCUT2D eigenvalue weighted by Crippen LogP contribution is 2.42. The molecule has 0 bridgehead atoms. The summed E-state index contributed by atoms with van der Waals surface area (Å²) in [4.78, 5) is 11.6. The zero-order chi connectivity index (χ0) is 21.2. The number of halogens is 3. The molecule has 7 heteroatoms. The number of hydrogen-bond donors (Lipinski definition) is 1. The van der Waals surface area contributed by atoms with Gasteiger partial charge in [0.2, 0.25) is 0 Å². The van der Waals surface area contributed by atoms with Crippen LogP contribution in [-0.4, -0.2) is 40.7 Å². The first-order valence-electron chi connectivity index (χ1n) is 9.43. The third-order valence-electron chi connectivity index (χ3n) is 5.44. The summed E-state index contributed by atoms with van der Waals surface area (Å²) in [6.45, 7) is 12.6. The van der Waals surface area contributed by atoms with Gasteiger partial charge < -0.3 is 14.6 Å². The van der Waals surface area contributed by atoms with Crippen molar-refractivity contribution in [1.82, 2.24) is 0 Å². The van der Waals surface area contributed by atoms with Crippen LogP contribution in [0.15, 0.2) is 12.2 Å². The molecule has 0 radical (unpaired) electrons. The maximum atomic E-state index is 13.3. The molecule has 1 fully saturated rings. The number of carbonyl (C=O) groups is 1. The first-order chi connectivity index (χ1) is 12.1. The zero-order valence-corrected chi connectivity index (χ0v) is 17.2. The number of esters is 1. The van der Waals surface area contributed by atoms with Crippen molar-refractivity contribution in [2.45, 2.75) is 96.8 Å². The molecule has 0 spiro atoms. The van der Waals surface area contributed by atoms with Crippen molar-refractivity contribution in [3.8, 4) is 0 Å². The second-order valence-electron chi connectivity index (χ2n) is 8.69. The summed E-state index contributed by atoms with van der Waals surface area (Å²) >= 11 is 0. The normalized spacial score (nSPS) is 25.0. The fourth-order valence-electron chi connectivity index (χ4n) is 3.61. The Labute approximate surface area is 160 Å². The smallest absolute Gasteiger partial charge is 0.419 e.